The van der Waals surface area contributed by atoms with E-state index in [9.17, 15) is 0 Å². The van der Waals surface area contributed by atoms with Gasteiger partial charge in [0.15, 0.2) is 23.1 Å². The van der Waals surface area contributed by atoms with Crippen molar-refractivity contribution in [3.8, 4) is 17.3 Å². The maximum absolute atomic E-state index is 5.79. The number of anilines is 1. The van der Waals surface area contributed by atoms with E-state index in [1.165, 1.54) is 0 Å². The molecule has 0 aliphatic rings. The van der Waals surface area contributed by atoms with Gasteiger partial charge in [-0.3, -0.25) is 0 Å². The van der Waals surface area contributed by atoms with Gasteiger partial charge in [-0.25, -0.2) is 4.68 Å². The van der Waals surface area contributed by atoms with Crippen molar-refractivity contribution in [3.05, 3.63) is 54.4 Å². The molecule has 0 saturated carbocycles. The molecule has 3 rings (SSSR count). The monoisotopic (exact) mass is 339 g/mol. The lowest BCUT2D eigenvalue weighted by Gasteiger charge is -2.18. The molecule has 2 aromatic heterocycles. The van der Waals surface area contributed by atoms with Crippen LogP contribution in [-0.2, 0) is 0 Å². The summed E-state index contributed by atoms with van der Waals surface area (Å²) < 4.78 is 12.8. The summed E-state index contributed by atoms with van der Waals surface area (Å²) in [6.07, 6.45) is 1.86. The molecule has 7 nitrogen and oxygen atoms in total. The minimum absolute atomic E-state index is 0.513. The summed E-state index contributed by atoms with van der Waals surface area (Å²) in [6, 6.07) is 13.3. The molecule has 130 valence electrons. The van der Waals surface area contributed by atoms with Gasteiger partial charge in [0.05, 0.1) is 19.3 Å². The summed E-state index contributed by atoms with van der Waals surface area (Å²) in [5, 5.41) is 12.8. The fraction of sp³-hybridized carbons (Fsp3) is 0.278. The molecule has 0 saturated heterocycles. The highest BCUT2D eigenvalue weighted by molar-refractivity contribution is 5.40. The predicted octanol–water partition coefficient (Wildman–Crippen LogP) is 2.49. The van der Waals surface area contributed by atoms with Crippen LogP contribution >= 0.6 is 0 Å². The summed E-state index contributed by atoms with van der Waals surface area (Å²) in [6.45, 7) is 3.12. The van der Waals surface area contributed by atoms with Gasteiger partial charge in [-0.05, 0) is 37.3 Å². The number of methoxy groups -OCH3 is 1. The lowest BCUT2D eigenvalue weighted by Crippen LogP contribution is -2.25. The van der Waals surface area contributed by atoms with Crippen LogP contribution in [0.1, 0.15) is 5.69 Å². The molecule has 0 fully saturated rings. The van der Waals surface area contributed by atoms with E-state index in [1.54, 1.807) is 11.8 Å². The highest BCUT2D eigenvalue weighted by Gasteiger charge is 2.07. The fourth-order valence-electron chi connectivity index (χ4n) is 2.33. The number of hydrogen-bond donors (Lipinski definition) is 0. The molecule has 0 bridgehead atoms. The second-order valence-corrected chi connectivity index (χ2v) is 5.57. The Morgan fingerprint density at radius 1 is 1.04 bits per heavy atom. The van der Waals surface area contributed by atoms with Crippen molar-refractivity contribution in [1.82, 2.24) is 20.0 Å². The summed E-state index contributed by atoms with van der Waals surface area (Å²) >= 11 is 0. The quantitative estimate of drug-likeness (QED) is 0.659. The molecule has 7 heteroatoms. The minimum Gasteiger partial charge on any atom is -0.493 e. The Labute approximate surface area is 146 Å². The number of benzene rings is 1. The average Bonchev–Trinajstić information content (AvgIpc) is 3.08. The highest BCUT2D eigenvalue weighted by atomic mass is 16.5. The molecule has 0 aliphatic heterocycles. The van der Waals surface area contributed by atoms with Crippen molar-refractivity contribution in [3.63, 3.8) is 0 Å². The largest absolute Gasteiger partial charge is 0.493 e. The van der Waals surface area contributed by atoms with E-state index >= 15 is 0 Å². The fourth-order valence-corrected chi connectivity index (χ4v) is 2.33. The van der Waals surface area contributed by atoms with E-state index in [-0.39, 0.29) is 0 Å². The van der Waals surface area contributed by atoms with Gasteiger partial charge in [0, 0.05) is 13.2 Å². The van der Waals surface area contributed by atoms with Gasteiger partial charge in [-0.1, -0.05) is 12.1 Å². The molecular weight excluding hydrogens is 318 g/mol. The first-order chi connectivity index (χ1) is 12.2. The van der Waals surface area contributed by atoms with E-state index in [2.05, 4.69) is 15.3 Å². The number of para-hydroxylation sites is 2. The van der Waals surface area contributed by atoms with E-state index in [0.717, 1.165) is 23.0 Å². The van der Waals surface area contributed by atoms with Crippen molar-refractivity contribution in [2.75, 3.05) is 32.2 Å². The third kappa shape index (κ3) is 4.06. The van der Waals surface area contributed by atoms with Gasteiger partial charge in [0.1, 0.15) is 6.61 Å². The molecule has 25 heavy (non-hydrogen) atoms. The molecule has 3 aromatic rings. The highest BCUT2D eigenvalue weighted by Crippen LogP contribution is 2.25. The van der Waals surface area contributed by atoms with Crippen LogP contribution in [-0.4, -0.2) is 47.3 Å². The van der Waals surface area contributed by atoms with Crippen LogP contribution in [0.15, 0.2) is 48.7 Å². The Balaban J connectivity index is 1.57. The van der Waals surface area contributed by atoms with Crippen molar-refractivity contribution in [1.29, 1.82) is 0 Å². The first-order valence-electron chi connectivity index (χ1n) is 8.00. The molecule has 0 radical (unpaired) electrons. The minimum atomic E-state index is 0.513. The van der Waals surface area contributed by atoms with Crippen LogP contribution < -0.4 is 14.4 Å². The van der Waals surface area contributed by atoms with E-state index in [4.69, 9.17) is 9.47 Å². The second-order valence-electron chi connectivity index (χ2n) is 5.57. The first kappa shape index (κ1) is 16.8. The van der Waals surface area contributed by atoms with Crippen molar-refractivity contribution >= 4 is 5.82 Å². The predicted molar refractivity (Wildman–Crippen MR) is 95.7 cm³/mol. The van der Waals surface area contributed by atoms with Crippen LogP contribution in [0.5, 0.6) is 11.5 Å². The van der Waals surface area contributed by atoms with Crippen LogP contribution in [0.3, 0.4) is 0 Å². The number of likely N-dealkylation sites (N-methyl/N-ethyl adjacent to an activating group) is 1. The number of rotatable bonds is 7. The summed E-state index contributed by atoms with van der Waals surface area (Å²) in [4.78, 5) is 1.99. The standard InChI is InChI=1S/C18H21N5O2/c1-14-10-11-23(21-14)18-9-8-17(19-20-18)22(2)12-13-25-16-7-5-4-6-15(16)24-3/h4-11H,12-13H2,1-3H3. The van der Waals surface area contributed by atoms with Gasteiger partial charge < -0.3 is 14.4 Å². The Hall–Kier alpha value is -3.09. The normalized spacial score (nSPS) is 10.5. The molecule has 0 amide bonds. The van der Waals surface area contributed by atoms with Crippen molar-refractivity contribution < 1.29 is 9.47 Å². The number of aryl methyl sites for hydroxylation is 1. The third-order valence-corrected chi connectivity index (χ3v) is 3.74. The van der Waals surface area contributed by atoms with Crippen LogP contribution in [0.4, 0.5) is 5.82 Å². The topological polar surface area (TPSA) is 65.3 Å². The lowest BCUT2D eigenvalue weighted by molar-refractivity contribution is 0.300. The van der Waals surface area contributed by atoms with Gasteiger partial charge in [-0.2, -0.15) is 5.10 Å². The van der Waals surface area contributed by atoms with Crippen LogP contribution in [0, 0.1) is 6.92 Å². The number of aromatic nitrogens is 4. The van der Waals surface area contributed by atoms with Crippen LogP contribution in [0.25, 0.3) is 5.82 Å². The van der Waals surface area contributed by atoms with E-state index in [1.807, 2.05) is 67.5 Å². The maximum atomic E-state index is 5.79. The average molecular weight is 339 g/mol. The number of ether oxygens (including phenoxy) is 2. The first-order valence-corrected chi connectivity index (χ1v) is 8.00. The Morgan fingerprint density at radius 2 is 1.84 bits per heavy atom. The Bertz CT molecular complexity index is 816. The molecule has 1 aromatic carbocycles. The number of hydrogen-bond acceptors (Lipinski definition) is 6. The molecule has 2 heterocycles. The molecule has 0 aliphatic carbocycles. The van der Waals surface area contributed by atoms with Gasteiger partial charge in [0.2, 0.25) is 0 Å². The zero-order chi connectivity index (χ0) is 17.6. The Morgan fingerprint density at radius 3 is 2.48 bits per heavy atom. The summed E-state index contributed by atoms with van der Waals surface area (Å²) in [5.74, 6) is 2.92. The van der Waals surface area contributed by atoms with Crippen LogP contribution in [0.2, 0.25) is 0 Å². The van der Waals surface area contributed by atoms with Gasteiger partial charge >= 0.3 is 0 Å². The number of nitrogens with zero attached hydrogens (tertiary/aromatic N) is 5. The summed E-state index contributed by atoms with van der Waals surface area (Å²) in [7, 11) is 3.58. The molecule has 0 spiro atoms. The van der Waals surface area contributed by atoms with E-state index < -0.39 is 0 Å². The van der Waals surface area contributed by atoms with Gasteiger partial charge in [0.25, 0.3) is 0 Å². The second kappa shape index (κ2) is 7.65. The van der Waals surface area contributed by atoms with Crippen molar-refractivity contribution in [2.45, 2.75) is 6.92 Å². The smallest absolute Gasteiger partial charge is 0.175 e. The van der Waals surface area contributed by atoms with Crippen molar-refractivity contribution in [2.24, 2.45) is 0 Å². The Kier molecular flexibility index (Phi) is 5.13. The molecular formula is C18H21N5O2. The lowest BCUT2D eigenvalue weighted by atomic mass is 10.3. The van der Waals surface area contributed by atoms with E-state index in [0.29, 0.717) is 19.0 Å². The zero-order valence-electron chi connectivity index (χ0n) is 14.6. The molecule has 0 N–H and O–H groups in total. The zero-order valence-corrected chi connectivity index (χ0v) is 14.6. The third-order valence-electron chi connectivity index (χ3n) is 3.74. The molecule has 0 unspecified atom stereocenters. The maximum Gasteiger partial charge on any atom is 0.175 e. The summed E-state index contributed by atoms with van der Waals surface area (Å²) in [5.41, 5.74) is 0.941. The van der Waals surface area contributed by atoms with Gasteiger partial charge in [-0.15, -0.1) is 10.2 Å². The SMILES string of the molecule is COc1ccccc1OCCN(C)c1ccc(-n2ccc(C)n2)nn1. The molecule has 0 atom stereocenters.